The summed E-state index contributed by atoms with van der Waals surface area (Å²) in [5.41, 5.74) is 2.90. The van der Waals surface area contributed by atoms with Crippen LogP contribution in [-0.2, 0) is 56.0 Å². The van der Waals surface area contributed by atoms with E-state index in [2.05, 4.69) is 25.4 Å². The summed E-state index contributed by atoms with van der Waals surface area (Å²) < 4.78 is 104. The van der Waals surface area contributed by atoms with Gasteiger partial charge < -0.3 is 33.9 Å². The molecule has 0 radical (unpaired) electrons. The van der Waals surface area contributed by atoms with Crippen molar-refractivity contribution in [3.05, 3.63) is 118 Å². The number of benzene rings is 4. The average molecular weight is 944 g/mol. The number of hydrogen-bond donors (Lipinski definition) is 1. The zero-order valence-corrected chi connectivity index (χ0v) is 38.7. The second-order valence-corrected chi connectivity index (χ2v) is 15.2. The van der Waals surface area contributed by atoms with Gasteiger partial charge in [0.2, 0.25) is 6.54 Å². The van der Waals surface area contributed by atoms with Crippen molar-refractivity contribution in [3.8, 4) is 11.5 Å². The van der Waals surface area contributed by atoms with Crippen LogP contribution >= 0.6 is 0 Å². The van der Waals surface area contributed by atoms with Gasteiger partial charge in [0.05, 0.1) is 53.8 Å². The molecule has 0 aliphatic rings. The number of carbonyl (C=O) groups is 1. The topological polar surface area (TPSA) is 178 Å². The Hall–Kier alpha value is -6.14. The molecule has 4 heterocycles. The smallest absolute Gasteiger partial charge is 0.870 e. The minimum atomic E-state index is -4.59. The fourth-order valence-electron chi connectivity index (χ4n) is 7.63. The van der Waals surface area contributed by atoms with Gasteiger partial charge in [-0.25, -0.2) is 6.57 Å². The van der Waals surface area contributed by atoms with Crippen LogP contribution in [-0.4, -0.2) is 59.6 Å². The van der Waals surface area contributed by atoms with E-state index in [9.17, 15) is 31.1 Å². The predicted octanol–water partition coefficient (Wildman–Crippen LogP) is 8.11. The number of halogens is 6. The van der Waals surface area contributed by atoms with Crippen LogP contribution in [0.3, 0.4) is 0 Å². The van der Waals surface area contributed by atoms with E-state index < -0.39 is 29.7 Å². The molecule has 67 heavy (non-hydrogen) atoms. The Morgan fingerprint density at radius 1 is 0.716 bits per heavy atom. The minimum absolute atomic E-state index is 0. The third-order valence-corrected chi connectivity index (χ3v) is 10.5. The standard InChI is InChI=1S/C23H21F3N4O2.C23H22F3N3O4.Na.H2O/c1-3-5-17-20(9-7-18-21(17)32-29-22(18)23(24,25)26)31-11-4-10-30-19-8-6-15(13-27-2)12-16(19)14-28-30;1-2-4-16-19(8-6-17-21(16)33-28-22(17)23(24,25)26)32-10-3-9-29-18-7-5-14(12-20(30)31)11-15(18)13-27-29;;/h6-9,12,14H,3-5,10-11,13H2,1H3;5-8,11,13H,2-4,9-10,12H2,1H3,(H,30,31);;1H2/q;;+1;/p-1. The van der Waals surface area contributed by atoms with Gasteiger partial charge in [-0.15, -0.1) is 0 Å². The third kappa shape index (κ3) is 12.1. The summed E-state index contributed by atoms with van der Waals surface area (Å²) in [6.45, 7) is 13.1. The summed E-state index contributed by atoms with van der Waals surface area (Å²) in [5, 5.41) is 25.9. The number of carboxylic acids is 1. The Morgan fingerprint density at radius 2 is 1.16 bits per heavy atom. The molecule has 8 rings (SSSR count). The number of ether oxygens (including phenoxy) is 2. The minimum Gasteiger partial charge on any atom is -0.870 e. The van der Waals surface area contributed by atoms with Crippen molar-refractivity contribution in [3.63, 3.8) is 0 Å². The van der Waals surface area contributed by atoms with Gasteiger partial charge in [0.1, 0.15) is 11.5 Å². The summed E-state index contributed by atoms with van der Waals surface area (Å²) in [6, 6.07) is 17.0. The van der Waals surface area contributed by atoms with Crippen molar-refractivity contribution in [1.29, 1.82) is 0 Å². The summed E-state index contributed by atoms with van der Waals surface area (Å²) in [4.78, 5) is 14.3. The SMILES string of the molecule is CCCc1c(OCCCn2ncc3cc(CC(=O)O)ccc32)ccc2c(C(F)(F)F)noc12.[C-]#[N+]Cc1ccc2c(cnn2CCCOc2ccc3c(C(F)(F)F)noc3c2CCC)c1.[Na+].[OH-]. The zero-order valence-electron chi connectivity index (χ0n) is 36.7. The van der Waals surface area contributed by atoms with Crippen LogP contribution in [0.5, 0.6) is 11.5 Å². The molecule has 0 bridgehead atoms. The summed E-state index contributed by atoms with van der Waals surface area (Å²) >= 11 is 0. The van der Waals surface area contributed by atoms with Gasteiger partial charge in [0.15, 0.2) is 22.6 Å². The quantitative estimate of drug-likeness (QED) is 0.0404. The van der Waals surface area contributed by atoms with Gasteiger partial charge in [0.25, 0.3) is 0 Å². The number of aryl methyl sites for hydroxylation is 4. The fraction of sp³-hybridized carbons (Fsp3) is 0.348. The molecule has 2 N–H and O–H groups in total. The van der Waals surface area contributed by atoms with E-state index in [1.54, 1.807) is 24.5 Å². The predicted molar refractivity (Wildman–Crippen MR) is 229 cm³/mol. The maximum Gasteiger partial charge on any atom is 1.00 e. The molecule has 0 aliphatic heterocycles. The Balaban J connectivity index is 0.000000244. The monoisotopic (exact) mass is 943 g/mol. The van der Waals surface area contributed by atoms with Crippen LogP contribution < -0.4 is 39.0 Å². The molecule has 0 atom stereocenters. The molecule has 4 aromatic carbocycles. The van der Waals surface area contributed by atoms with Crippen LogP contribution in [0.4, 0.5) is 26.3 Å². The van der Waals surface area contributed by atoms with Crippen molar-refractivity contribution >= 4 is 49.7 Å². The van der Waals surface area contributed by atoms with E-state index in [1.165, 1.54) is 18.2 Å². The summed E-state index contributed by atoms with van der Waals surface area (Å²) in [6.07, 6.45) is -2.00. The van der Waals surface area contributed by atoms with E-state index in [0.717, 1.165) is 33.8 Å². The molecule has 14 nitrogen and oxygen atoms in total. The van der Waals surface area contributed by atoms with Crippen LogP contribution in [0.2, 0.25) is 0 Å². The Labute approximate surface area is 401 Å². The zero-order chi connectivity index (χ0) is 46.3. The van der Waals surface area contributed by atoms with Crippen molar-refractivity contribution in [2.75, 3.05) is 13.2 Å². The van der Waals surface area contributed by atoms with Gasteiger partial charge in [-0.3, -0.25) is 14.2 Å². The van der Waals surface area contributed by atoms with Gasteiger partial charge in [0, 0.05) is 53.4 Å². The number of nitrogens with zero attached hydrogens (tertiary/aromatic N) is 7. The molecule has 8 aromatic rings. The number of aliphatic carboxylic acids is 1. The largest absolute Gasteiger partial charge is 1.00 e. The molecule has 4 aromatic heterocycles. The maximum atomic E-state index is 13.2. The number of hydrogen-bond acceptors (Lipinski definition) is 10. The molecule has 0 saturated carbocycles. The van der Waals surface area contributed by atoms with Crippen molar-refractivity contribution < 1.29 is 89.8 Å². The normalized spacial score (nSPS) is 11.6. The molecular weight excluding hydrogens is 900 g/mol. The van der Waals surface area contributed by atoms with Gasteiger partial charge in [-0.05, 0) is 73.0 Å². The van der Waals surface area contributed by atoms with Gasteiger partial charge in [-0.2, -0.15) is 36.5 Å². The van der Waals surface area contributed by atoms with Crippen LogP contribution in [0.1, 0.15) is 73.2 Å². The number of aromatic nitrogens is 6. The average Bonchev–Trinajstić information content (AvgIpc) is 4.07. The van der Waals surface area contributed by atoms with Gasteiger partial charge in [-0.1, -0.05) is 43.1 Å². The van der Waals surface area contributed by atoms with Crippen molar-refractivity contribution in [2.45, 2.75) is 90.8 Å². The molecule has 0 unspecified atom stereocenters. The van der Waals surface area contributed by atoms with Crippen LogP contribution in [0.15, 0.2) is 82.1 Å². The Kier molecular flexibility index (Phi) is 17.5. The molecule has 0 saturated heterocycles. The first kappa shape index (κ1) is 51.8. The number of rotatable bonds is 17. The molecule has 21 heteroatoms. The number of fused-ring (bicyclic) bond motifs is 4. The summed E-state index contributed by atoms with van der Waals surface area (Å²) in [7, 11) is 0. The van der Waals surface area contributed by atoms with Crippen molar-refractivity contribution in [1.82, 2.24) is 29.9 Å². The first-order valence-corrected chi connectivity index (χ1v) is 20.9. The maximum absolute atomic E-state index is 13.2. The first-order chi connectivity index (χ1) is 31.2. The van der Waals surface area contributed by atoms with E-state index >= 15 is 0 Å². The molecule has 348 valence electrons. The fourth-order valence-corrected chi connectivity index (χ4v) is 7.63. The van der Waals surface area contributed by atoms with E-state index in [-0.39, 0.29) is 63.4 Å². The molecule has 0 spiro atoms. The van der Waals surface area contributed by atoms with E-state index in [4.69, 9.17) is 30.2 Å². The van der Waals surface area contributed by atoms with Crippen molar-refractivity contribution in [2.24, 2.45) is 0 Å². The Morgan fingerprint density at radius 3 is 1.58 bits per heavy atom. The molecule has 0 fully saturated rings. The molecule has 0 aliphatic carbocycles. The molecule has 0 amide bonds. The van der Waals surface area contributed by atoms with Crippen LogP contribution in [0.25, 0.3) is 48.6 Å². The molecular formula is C46H44F6N7NaO7. The van der Waals surface area contributed by atoms with E-state index in [0.29, 0.717) is 93.1 Å². The number of alkyl halides is 6. The Bertz CT molecular complexity index is 2990. The first-order valence-electron chi connectivity index (χ1n) is 20.9. The van der Waals surface area contributed by atoms with Gasteiger partial charge >= 0.3 is 47.9 Å². The second kappa shape index (κ2) is 22.6. The number of carboxylic acid groups (broad SMARTS) is 1. The third-order valence-electron chi connectivity index (χ3n) is 10.5. The van der Waals surface area contributed by atoms with Crippen LogP contribution in [0, 0.1) is 6.57 Å². The second-order valence-electron chi connectivity index (χ2n) is 15.2. The summed E-state index contributed by atoms with van der Waals surface area (Å²) in [5.74, 6) is 0.107. The van der Waals surface area contributed by atoms with E-state index in [1.807, 2.05) is 53.5 Å².